The molecule has 1 amide bonds. The van der Waals surface area contributed by atoms with Crippen LogP contribution in [0.3, 0.4) is 0 Å². The Labute approximate surface area is 113 Å². The summed E-state index contributed by atoms with van der Waals surface area (Å²) in [6.45, 7) is 0.252. The number of nitrogens with zero attached hydrogens (tertiary/aromatic N) is 1. The van der Waals surface area contributed by atoms with Crippen LogP contribution in [0.4, 0.5) is 0 Å². The molecule has 0 saturated carbocycles. The van der Waals surface area contributed by atoms with Crippen LogP contribution < -0.4 is 5.32 Å². The molecule has 2 heterocycles. The van der Waals surface area contributed by atoms with E-state index in [1.807, 2.05) is 6.07 Å². The van der Waals surface area contributed by atoms with E-state index in [1.165, 1.54) is 16.7 Å². The second-order valence-electron chi connectivity index (χ2n) is 3.84. The van der Waals surface area contributed by atoms with Crippen LogP contribution in [-0.2, 0) is 17.8 Å². The van der Waals surface area contributed by atoms with Crippen LogP contribution in [0.5, 0.6) is 0 Å². The Morgan fingerprint density at radius 3 is 2.95 bits per heavy atom. The van der Waals surface area contributed by atoms with Gasteiger partial charge in [-0.2, -0.15) is 0 Å². The SMILES string of the molecule is O=C(CCc1ccoc1)NCc1nc(C(=O)O)cs1. The highest BCUT2D eigenvalue weighted by Gasteiger charge is 2.09. The van der Waals surface area contributed by atoms with E-state index in [1.54, 1.807) is 12.5 Å². The van der Waals surface area contributed by atoms with Gasteiger partial charge in [0, 0.05) is 11.8 Å². The number of thiazole rings is 1. The first-order valence-electron chi connectivity index (χ1n) is 5.60. The molecule has 2 aromatic heterocycles. The average molecular weight is 280 g/mol. The van der Waals surface area contributed by atoms with Crippen LogP contribution in [0, 0.1) is 0 Å². The van der Waals surface area contributed by atoms with Crippen molar-refractivity contribution in [1.29, 1.82) is 0 Å². The van der Waals surface area contributed by atoms with E-state index in [4.69, 9.17) is 9.52 Å². The fourth-order valence-electron chi connectivity index (χ4n) is 1.45. The van der Waals surface area contributed by atoms with E-state index in [2.05, 4.69) is 10.3 Å². The molecule has 0 spiro atoms. The molecule has 0 atom stereocenters. The third-order valence-corrected chi connectivity index (χ3v) is 3.28. The van der Waals surface area contributed by atoms with Gasteiger partial charge in [0.15, 0.2) is 5.69 Å². The number of aryl methyl sites for hydroxylation is 1. The minimum atomic E-state index is -1.06. The summed E-state index contributed by atoms with van der Waals surface area (Å²) < 4.78 is 4.91. The number of carboxylic acids is 1. The second kappa shape index (κ2) is 6.14. The summed E-state index contributed by atoms with van der Waals surface area (Å²) in [7, 11) is 0. The number of carbonyl (C=O) groups excluding carboxylic acids is 1. The summed E-state index contributed by atoms with van der Waals surface area (Å²) in [5.41, 5.74) is 0.977. The van der Waals surface area contributed by atoms with Crippen molar-refractivity contribution < 1.29 is 19.1 Å². The van der Waals surface area contributed by atoms with Gasteiger partial charge in [-0.25, -0.2) is 9.78 Å². The van der Waals surface area contributed by atoms with E-state index in [-0.39, 0.29) is 18.1 Å². The zero-order chi connectivity index (χ0) is 13.7. The van der Waals surface area contributed by atoms with E-state index in [0.29, 0.717) is 17.8 Å². The number of nitrogens with one attached hydrogen (secondary N) is 1. The molecule has 0 unspecified atom stereocenters. The van der Waals surface area contributed by atoms with Gasteiger partial charge in [-0.15, -0.1) is 11.3 Å². The molecule has 0 bridgehead atoms. The molecule has 7 heteroatoms. The molecule has 0 aromatic carbocycles. The van der Waals surface area contributed by atoms with E-state index in [9.17, 15) is 9.59 Å². The van der Waals surface area contributed by atoms with Gasteiger partial charge in [-0.1, -0.05) is 0 Å². The summed E-state index contributed by atoms with van der Waals surface area (Å²) in [4.78, 5) is 26.1. The second-order valence-corrected chi connectivity index (χ2v) is 4.78. The van der Waals surface area contributed by atoms with Crippen LogP contribution >= 0.6 is 11.3 Å². The number of aromatic nitrogens is 1. The molecule has 0 saturated heterocycles. The van der Waals surface area contributed by atoms with Crippen LogP contribution in [0.15, 0.2) is 28.4 Å². The molecule has 0 aliphatic rings. The first-order chi connectivity index (χ1) is 9.15. The van der Waals surface area contributed by atoms with Gasteiger partial charge < -0.3 is 14.8 Å². The number of hydrogen-bond donors (Lipinski definition) is 2. The van der Waals surface area contributed by atoms with Gasteiger partial charge in [0.05, 0.1) is 19.1 Å². The smallest absolute Gasteiger partial charge is 0.355 e. The normalized spacial score (nSPS) is 10.3. The van der Waals surface area contributed by atoms with Crippen molar-refractivity contribution >= 4 is 23.2 Å². The standard InChI is InChI=1S/C12H12N2O4S/c15-10(2-1-8-3-4-18-6-8)13-5-11-14-9(7-19-11)12(16)17/h3-4,6-7H,1-2,5H2,(H,13,15)(H,16,17). The Bertz CT molecular complexity index is 562. The molecule has 19 heavy (non-hydrogen) atoms. The summed E-state index contributed by atoms with van der Waals surface area (Å²) in [5, 5.41) is 13.4. The van der Waals surface area contributed by atoms with Crippen molar-refractivity contribution in [1.82, 2.24) is 10.3 Å². The molecule has 0 fully saturated rings. The van der Waals surface area contributed by atoms with Gasteiger partial charge >= 0.3 is 5.97 Å². The van der Waals surface area contributed by atoms with Crippen LogP contribution in [0.2, 0.25) is 0 Å². The van der Waals surface area contributed by atoms with E-state index < -0.39 is 5.97 Å². The third-order valence-electron chi connectivity index (χ3n) is 2.43. The van der Waals surface area contributed by atoms with Crippen molar-refractivity contribution in [3.8, 4) is 0 Å². The molecular weight excluding hydrogens is 268 g/mol. The summed E-state index contributed by atoms with van der Waals surface area (Å²) in [6, 6.07) is 1.81. The molecule has 100 valence electrons. The van der Waals surface area contributed by atoms with Crippen LogP contribution in [0.25, 0.3) is 0 Å². The number of rotatable bonds is 6. The molecule has 2 N–H and O–H groups in total. The van der Waals surface area contributed by atoms with Crippen LogP contribution in [-0.4, -0.2) is 22.0 Å². The van der Waals surface area contributed by atoms with Crippen molar-refractivity contribution in [3.05, 3.63) is 40.2 Å². The maximum atomic E-state index is 11.6. The first kappa shape index (κ1) is 13.3. The zero-order valence-electron chi connectivity index (χ0n) is 9.96. The van der Waals surface area contributed by atoms with Crippen molar-refractivity contribution in [2.45, 2.75) is 19.4 Å². The lowest BCUT2D eigenvalue weighted by molar-refractivity contribution is -0.121. The fourth-order valence-corrected chi connectivity index (χ4v) is 2.15. The summed E-state index contributed by atoms with van der Waals surface area (Å²) >= 11 is 1.21. The number of amides is 1. The third kappa shape index (κ3) is 3.92. The van der Waals surface area contributed by atoms with Gasteiger partial charge in [0.2, 0.25) is 5.91 Å². The van der Waals surface area contributed by atoms with E-state index >= 15 is 0 Å². The molecule has 0 aliphatic carbocycles. The van der Waals surface area contributed by atoms with Crippen LogP contribution in [0.1, 0.15) is 27.5 Å². The molecule has 0 radical (unpaired) electrons. The molecule has 2 rings (SSSR count). The van der Waals surface area contributed by atoms with Crippen molar-refractivity contribution in [2.75, 3.05) is 0 Å². The number of carboxylic acid groups (broad SMARTS) is 1. The lowest BCUT2D eigenvalue weighted by Gasteiger charge is -2.01. The summed E-state index contributed by atoms with van der Waals surface area (Å²) in [5.74, 6) is -1.16. The molecule has 0 aliphatic heterocycles. The minimum absolute atomic E-state index is 0.00708. The zero-order valence-corrected chi connectivity index (χ0v) is 10.8. The number of carbonyl (C=O) groups is 2. The maximum Gasteiger partial charge on any atom is 0.355 e. The highest BCUT2D eigenvalue weighted by molar-refractivity contribution is 7.09. The predicted octanol–water partition coefficient (Wildman–Crippen LogP) is 1.68. The van der Waals surface area contributed by atoms with E-state index in [0.717, 1.165) is 5.56 Å². The van der Waals surface area contributed by atoms with Gasteiger partial charge in [0.1, 0.15) is 5.01 Å². The van der Waals surface area contributed by atoms with Gasteiger partial charge in [-0.3, -0.25) is 4.79 Å². The number of furan rings is 1. The Balaban J connectivity index is 1.75. The number of aromatic carboxylic acids is 1. The average Bonchev–Trinajstić information content (AvgIpc) is 3.05. The fraction of sp³-hybridized carbons (Fsp3) is 0.250. The quantitative estimate of drug-likeness (QED) is 0.840. The molecular formula is C12H12N2O4S. The minimum Gasteiger partial charge on any atom is -0.476 e. The first-order valence-corrected chi connectivity index (χ1v) is 6.48. The Morgan fingerprint density at radius 1 is 1.47 bits per heavy atom. The molecule has 6 nitrogen and oxygen atoms in total. The van der Waals surface area contributed by atoms with Gasteiger partial charge in [-0.05, 0) is 18.1 Å². The number of hydrogen-bond acceptors (Lipinski definition) is 5. The molecule has 2 aromatic rings. The highest BCUT2D eigenvalue weighted by Crippen LogP contribution is 2.09. The highest BCUT2D eigenvalue weighted by atomic mass is 32.1. The predicted molar refractivity (Wildman–Crippen MR) is 67.9 cm³/mol. The van der Waals surface area contributed by atoms with Crippen molar-refractivity contribution in [3.63, 3.8) is 0 Å². The lowest BCUT2D eigenvalue weighted by atomic mass is 10.2. The monoisotopic (exact) mass is 280 g/mol. The topological polar surface area (TPSA) is 92.4 Å². The largest absolute Gasteiger partial charge is 0.476 e. The Hall–Kier alpha value is -2.15. The summed E-state index contributed by atoms with van der Waals surface area (Å²) in [6.07, 6.45) is 4.14. The van der Waals surface area contributed by atoms with Crippen molar-refractivity contribution in [2.24, 2.45) is 0 Å². The Morgan fingerprint density at radius 2 is 2.32 bits per heavy atom. The lowest BCUT2D eigenvalue weighted by Crippen LogP contribution is -2.22. The maximum absolute atomic E-state index is 11.6. The Kier molecular flexibility index (Phi) is 4.30. The van der Waals surface area contributed by atoms with Gasteiger partial charge in [0.25, 0.3) is 0 Å².